The molecule has 0 spiro atoms. The summed E-state index contributed by atoms with van der Waals surface area (Å²) in [6, 6.07) is 9.85. The molecule has 6 nitrogen and oxygen atoms in total. The molecule has 2 heterocycles. The molecule has 2 N–H and O–H groups in total. The van der Waals surface area contributed by atoms with E-state index in [9.17, 15) is 18.4 Å². The average Bonchev–Trinajstić information content (AvgIpc) is 3.03. The monoisotopic (exact) mass is 400 g/mol. The molecule has 1 aliphatic rings. The smallest absolute Gasteiger partial charge is 0.326 e. The van der Waals surface area contributed by atoms with Gasteiger partial charge in [0.1, 0.15) is 11.6 Å². The molecule has 0 bridgehead atoms. The third-order valence-electron chi connectivity index (χ3n) is 5.42. The number of amides is 1. The highest BCUT2D eigenvalue weighted by atomic mass is 19.1. The number of benzene rings is 2. The molecule has 29 heavy (non-hydrogen) atoms. The second-order valence-electron chi connectivity index (χ2n) is 7.30. The lowest BCUT2D eigenvalue weighted by Gasteiger charge is -2.32. The van der Waals surface area contributed by atoms with Crippen LogP contribution in [0.1, 0.15) is 29.2 Å². The fraction of sp³-hybridized carbons (Fsp3) is 0.333. The number of carbonyl (C=O) groups excluding carboxylic acids is 1. The van der Waals surface area contributed by atoms with Crippen molar-refractivity contribution in [2.75, 3.05) is 26.2 Å². The van der Waals surface area contributed by atoms with Gasteiger partial charge in [-0.3, -0.25) is 9.36 Å². The minimum Gasteiger partial charge on any atom is -0.351 e. The molecule has 1 amide bonds. The van der Waals surface area contributed by atoms with Crippen molar-refractivity contribution < 1.29 is 13.6 Å². The van der Waals surface area contributed by atoms with Gasteiger partial charge in [0.25, 0.3) is 5.91 Å². The zero-order valence-electron chi connectivity index (χ0n) is 15.8. The van der Waals surface area contributed by atoms with Gasteiger partial charge in [-0.2, -0.15) is 0 Å². The molecular formula is C21H22F2N4O2. The highest BCUT2D eigenvalue weighted by Gasteiger charge is 2.23. The summed E-state index contributed by atoms with van der Waals surface area (Å²) in [4.78, 5) is 29.4. The molecule has 3 aromatic rings. The Bertz CT molecular complexity index is 1070. The van der Waals surface area contributed by atoms with E-state index in [2.05, 4.69) is 15.2 Å². The number of nitrogens with one attached hydrogen (secondary N) is 2. The number of H-pyrrole nitrogens is 1. The van der Waals surface area contributed by atoms with Crippen LogP contribution in [0, 0.1) is 11.6 Å². The lowest BCUT2D eigenvalue weighted by molar-refractivity contribution is 0.0944. The molecule has 4 rings (SSSR count). The molecule has 0 radical (unpaired) electrons. The number of piperidine rings is 1. The first-order valence-corrected chi connectivity index (χ1v) is 9.67. The maximum absolute atomic E-state index is 13.4. The molecule has 8 heteroatoms. The van der Waals surface area contributed by atoms with Gasteiger partial charge in [0.15, 0.2) is 0 Å². The maximum Gasteiger partial charge on any atom is 0.326 e. The van der Waals surface area contributed by atoms with E-state index >= 15 is 0 Å². The van der Waals surface area contributed by atoms with Gasteiger partial charge in [-0.05, 0) is 55.3 Å². The summed E-state index contributed by atoms with van der Waals surface area (Å²) in [7, 11) is 0. The lowest BCUT2D eigenvalue weighted by atomic mass is 10.0. The van der Waals surface area contributed by atoms with Gasteiger partial charge in [-0.1, -0.05) is 0 Å². The summed E-state index contributed by atoms with van der Waals surface area (Å²) < 4.78 is 28.0. The molecular weight excluding hydrogens is 378 g/mol. The van der Waals surface area contributed by atoms with E-state index in [-0.39, 0.29) is 29.3 Å². The molecule has 1 saturated heterocycles. The van der Waals surface area contributed by atoms with Gasteiger partial charge < -0.3 is 15.2 Å². The molecule has 1 aliphatic heterocycles. The Labute approximate surface area is 166 Å². The zero-order chi connectivity index (χ0) is 20.4. The average molecular weight is 400 g/mol. The van der Waals surface area contributed by atoms with Gasteiger partial charge in [0.2, 0.25) is 0 Å². The molecule has 0 saturated carbocycles. The van der Waals surface area contributed by atoms with Crippen molar-refractivity contribution in [1.82, 2.24) is 19.8 Å². The van der Waals surface area contributed by atoms with Gasteiger partial charge in [-0.25, -0.2) is 13.6 Å². The second kappa shape index (κ2) is 8.16. The Kier molecular flexibility index (Phi) is 5.44. The molecule has 152 valence electrons. The summed E-state index contributed by atoms with van der Waals surface area (Å²) >= 11 is 0. The van der Waals surface area contributed by atoms with Crippen LogP contribution in [0.5, 0.6) is 0 Å². The number of fused-ring (bicyclic) bond motifs is 1. The number of likely N-dealkylation sites (tertiary alicyclic amines) is 1. The molecule has 0 aliphatic carbocycles. The van der Waals surface area contributed by atoms with Crippen molar-refractivity contribution >= 4 is 16.9 Å². The van der Waals surface area contributed by atoms with Crippen LogP contribution in [0.4, 0.5) is 8.78 Å². The van der Waals surface area contributed by atoms with Crippen LogP contribution < -0.4 is 11.0 Å². The summed E-state index contributed by atoms with van der Waals surface area (Å²) in [5, 5.41) is 2.84. The van der Waals surface area contributed by atoms with E-state index in [1.807, 2.05) is 0 Å². The molecule has 1 aromatic heterocycles. The minimum absolute atomic E-state index is 0.0618. The summed E-state index contributed by atoms with van der Waals surface area (Å²) in [6.07, 6.45) is 1.60. The molecule has 0 unspecified atom stereocenters. The van der Waals surface area contributed by atoms with Gasteiger partial charge in [0.05, 0.1) is 11.0 Å². The molecule has 0 atom stereocenters. The fourth-order valence-electron chi connectivity index (χ4n) is 3.90. The number of rotatable bonds is 5. The van der Waals surface area contributed by atoms with E-state index in [4.69, 9.17) is 0 Å². The zero-order valence-corrected chi connectivity index (χ0v) is 15.8. The summed E-state index contributed by atoms with van der Waals surface area (Å²) in [5.41, 5.74) is 1.46. The first kappa shape index (κ1) is 19.3. The van der Waals surface area contributed by atoms with Crippen molar-refractivity contribution in [1.29, 1.82) is 0 Å². The van der Waals surface area contributed by atoms with Crippen LogP contribution in [0.3, 0.4) is 0 Å². The Morgan fingerprint density at radius 3 is 2.48 bits per heavy atom. The van der Waals surface area contributed by atoms with Crippen molar-refractivity contribution in [2.24, 2.45) is 0 Å². The summed E-state index contributed by atoms with van der Waals surface area (Å²) in [6.45, 7) is 2.80. The van der Waals surface area contributed by atoms with Crippen molar-refractivity contribution in [3.05, 3.63) is 70.1 Å². The Morgan fingerprint density at radius 1 is 1.07 bits per heavy atom. The van der Waals surface area contributed by atoms with Crippen LogP contribution in [-0.4, -0.2) is 46.5 Å². The third kappa shape index (κ3) is 4.22. The minimum atomic E-state index is -0.372. The largest absolute Gasteiger partial charge is 0.351 e. The second-order valence-corrected chi connectivity index (χ2v) is 7.30. The summed E-state index contributed by atoms with van der Waals surface area (Å²) in [5.74, 6) is -0.968. The topological polar surface area (TPSA) is 70.1 Å². The van der Waals surface area contributed by atoms with Gasteiger partial charge in [-0.15, -0.1) is 0 Å². The van der Waals surface area contributed by atoms with E-state index in [1.54, 1.807) is 10.6 Å². The quantitative estimate of drug-likeness (QED) is 0.692. The third-order valence-corrected chi connectivity index (χ3v) is 5.42. The van der Waals surface area contributed by atoms with E-state index in [0.29, 0.717) is 24.2 Å². The Balaban J connectivity index is 1.30. The van der Waals surface area contributed by atoms with Gasteiger partial charge >= 0.3 is 5.69 Å². The number of aromatic nitrogens is 2. The van der Waals surface area contributed by atoms with Gasteiger partial charge in [0, 0.05) is 37.8 Å². The lowest BCUT2D eigenvalue weighted by Crippen LogP contribution is -2.41. The molecule has 2 aromatic carbocycles. The normalized spacial score (nSPS) is 15.7. The number of imidazole rings is 1. The first-order chi connectivity index (χ1) is 14.0. The van der Waals surface area contributed by atoms with Crippen LogP contribution in [0.15, 0.2) is 47.3 Å². The van der Waals surface area contributed by atoms with Crippen LogP contribution in [0.2, 0.25) is 0 Å². The number of hydrogen-bond acceptors (Lipinski definition) is 3. The van der Waals surface area contributed by atoms with E-state index < -0.39 is 0 Å². The van der Waals surface area contributed by atoms with Crippen LogP contribution >= 0.6 is 0 Å². The number of nitrogens with zero attached hydrogens (tertiary/aromatic N) is 2. The van der Waals surface area contributed by atoms with Crippen LogP contribution in [0.25, 0.3) is 11.0 Å². The highest BCUT2D eigenvalue weighted by Crippen LogP contribution is 2.25. The Morgan fingerprint density at radius 2 is 1.76 bits per heavy atom. The Hall–Kier alpha value is -3.00. The van der Waals surface area contributed by atoms with Crippen LogP contribution in [-0.2, 0) is 0 Å². The van der Waals surface area contributed by atoms with Crippen molar-refractivity contribution in [3.8, 4) is 0 Å². The number of halogens is 2. The predicted molar refractivity (Wildman–Crippen MR) is 106 cm³/mol. The van der Waals surface area contributed by atoms with Crippen molar-refractivity contribution in [2.45, 2.75) is 18.9 Å². The molecule has 1 fully saturated rings. The first-order valence-electron chi connectivity index (χ1n) is 9.67. The van der Waals surface area contributed by atoms with E-state index in [0.717, 1.165) is 31.4 Å². The predicted octanol–water partition coefficient (Wildman–Crippen LogP) is 2.67. The standard InChI is InChI=1S/C21H22F2N4O2/c22-15-3-1-14(2-4-15)20(28)24-9-12-26-10-7-17(8-11-26)27-19-6-5-16(23)13-18(19)25-21(27)29/h1-6,13,17H,7-12H2,(H,24,28)(H,25,29). The number of carbonyl (C=O) groups is 1. The number of hydrogen-bond donors (Lipinski definition) is 2. The maximum atomic E-state index is 13.4. The SMILES string of the molecule is O=C(NCCN1CCC(n2c(=O)[nH]c3cc(F)ccc32)CC1)c1ccc(F)cc1. The highest BCUT2D eigenvalue weighted by molar-refractivity contribution is 5.94. The van der Waals surface area contributed by atoms with Crippen molar-refractivity contribution in [3.63, 3.8) is 0 Å². The van der Waals surface area contributed by atoms with E-state index in [1.165, 1.54) is 36.4 Å². The number of aromatic amines is 1. The fourth-order valence-corrected chi connectivity index (χ4v) is 3.90.